The predicted molar refractivity (Wildman–Crippen MR) is 93.8 cm³/mol. The smallest absolute Gasteiger partial charge is 0.340 e. The topological polar surface area (TPSA) is 122 Å². The number of carbonyl (C=O) groups excluding carboxylic acids is 3. The van der Waals surface area contributed by atoms with Crippen LogP contribution in [0, 0.1) is 0 Å². The number of carbonyl (C=O) groups is 3. The fourth-order valence-corrected chi connectivity index (χ4v) is 3.62. The van der Waals surface area contributed by atoms with E-state index >= 15 is 0 Å². The summed E-state index contributed by atoms with van der Waals surface area (Å²) in [5.74, 6) is -2.23. The van der Waals surface area contributed by atoms with E-state index in [2.05, 4.69) is 0 Å². The molecule has 0 aromatic heterocycles. The van der Waals surface area contributed by atoms with Crippen LogP contribution < -0.4 is 10.9 Å². The maximum absolute atomic E-state index is 12.5. The molecule has 0 aliphatic heterocycles. The Balaban J connectivity index is 2.95. The highest BCUT2D eigenvalue weighted by atomic mass is 35.5. The predicted octanol–water partition coefficient (Wildman–Crippen LogP) is 0.695. The van der Waals surface area contributed by atoms with Crippen molar-refractivity contribution < 1.29 is 27.5 Å². The highest BCUT2D eigenvalue weighted by Crippen LogP contribution is 2.23. The fraction of sp³-hybridized carbons (Fsp3) is 0.400. The first-order valence-corrected chi connectivity index (χ1v) is 9.47. The van der Waals surface area contributed by atoms with Gasteiger partial charge in [0.05, 0.1) is 15.5 Å². The summed E-state index contributed by atoms with van der Waals surface area (Å²) in [6.07, 6.45) is 0. The summed E-state index contributed by atoms with van der Waals surface area (Å²) in [6.45, 7) is 4.44. The van der Waals surface area contributed by atoms with Crippen LogP contribution in [0.1, 0.15) is 31.1 Å². The summed E-state index contributed by atoms with van der Waals surface area (Å²) in [6, 6.07) is 3.66. The van der Waals surface area contributed by atoms with Crippen LogP contribution >= 0.6 is 11.6 Å². The molecule has 1 aromatic carbocycles. The second kappa shape index (κ2) is 9.51. The third kappa shape index (κ3) is 5.68. The van der Waals surface area contributed by atoms with E-state index in [4.69, 9.17) is 16.3 Å². The van der Waals surface area contributed by atoms with E-state index in [0.717, 1.165) is 6.07 Å². The van der Waals surface area contributed by atoms with E-state index in [1.165, 1.54) is 23.4 Å². The lowest BCUT2D eigenvalue weighted by molar-refractivity contribution is -0.129. The van der Waals surface area contributed by atoms with Gasteiger partial charge in [-0.3, -0.25) is 20.4 Å². The number of esters is 1. The number of hydrogen-bond acceptors (Lipinski definition) is 6. The molecule has 1 rings (SSSR count). The minimum absolute atomic E-state index is 0.0178. The number of halogens is 1. The van der Waals surface area contributed by atoms with Crippen LogP contribution in [0.5, 0.6) is 0 Å². The van der Waals surface area contributed by atoms with E-state index in [0.29, 0.717) is 0 Å². The van der Waals surface area contributed by atoms with Gasteiger partial charge in [-0.15, -0.1) is 0 Å². The summed E-state index contributed by atoms with van der Waals surface area (Å²) in [5, 5.41) is -0.0178. The molecule has 0 saturated carbocycles. The molecule has 144 valence electrons. The Morgan fingerprint density at radius 1 is 1.15 bits per heavy atom. The number of rotatable bonds is 7. The second-order valence-corrected chi connectivity index (χ2v) is 7.38. The van der Waals surface area contributed by atoms with Crippen LogP contribution in [0.2, 0.25) is 5.02 Å². The molecule has 2 amide bonds. The molecular formula is C15H20ClN3O6S. The Morgan fingerprint density at radius 3 is 2.31 bits per heavy atom. The molecule has 1 aromatic rings. The number of ether oxygens (including phenoxy) is 1. The lowest BCUT2D eigenvalue weighted by Gasteiger charge is -2.19. The van der Waals surface area contributed by atoms with Crippen molar-refractivity contribution in [1.82, 2.24) is 15.2 Å². The SMILES string of the molecule is CCN(CC)S(=O)(=O)c1ccc(Cl)c(C(=O)OCC(=O)NNC(C)=O)c1. The zero-order chi connectivity index (χ0) is 19.9. The Kier molecular flexibility index (Phi) is 8.00. The summed E-state index contributed by atoms with van der Waals surface area (Å²) < 4.78 is 31.1. The number of sulfonamides is 1. The van der Waals surface area contributed by atoms with Gasteiger partial charge in [0.2, 0.25) is 15.9 Å². The minimum atomic E-state index is -3.78. The molecule has 11 heteroatoms. The molecule has 26 heavy (non-hydrogen) atoms. The van der Waals surface area contributed by atoms with Crippen molar-refractivity contribution in [2.24, 2.45) is 0 Å². The highest BCUT2D eigenvalue weighted by molar-refractivity contribution is 7.89. The molecule has 0 aliphatic carbocycles. The van der Waals surface area contributed by atoms with Gasteiger partial charge in [0.25, 0.3) is 5.91 Å². The van der Waals surface area contributed by atoms with E-state index in [-0.39, 0.29) is 28.6 Å². The first-order valence-electron chi connectivity index (χ1n) is 7.65. The Hall–Kier alpha value is -2.17. The van der Waals surface area contributed by atoms with Crippen LogP contribution in [0.4, 0.5) is 0 Å². The van der Waals surface area contributed by atoms with Gasteiger partial charge in [0, 0.05) is 20.0 Å². The lowest BCUT2D eigenvalue weighted by Crippen LogP contribution is -2.42. The molecule has 2 N–H and O–H groups in total. The van der Waals surface area contributed by atoms with Crippen molar-refractivity contribution in [3.8, 4) is 0 Å². The molecular weight excluding hydrogens is 386 g/mol. The van der Waals surface area contributed by atoms with E-state index in [1.54, 1.807) is 13.8 Å². The fourth-order valence-electron chi connectivity index (χ4n) is 1.94. The Bertz CT molecular complexity index is 793. The molecule has 0 fully saturated rings. The highest BCUT2D eigenvalue weighted by Gasteiger charge is 2.24. The van der Waals surface area contributed by atoms with Gasteiger partial charge in [-0.25, -0.2) is 13.2 Å². The van der Waals surface area contributed by atoms with E-state index in [1.807, 2.05) is 10.9 Å². The average molecular weight is 406 g/mol. The van der Waals surface area contributed by atoms with Crippen LogP contribution in [-0.4, -0.2) is 50.2 Å². The van der Waals surface area contributed by atoms with Crippen molar-refractivity contribution >= 4 is 39.4 Å². The number of nitrogens with zero attached hydrogens (tertiary/aromatic N) is 1. The van der Waals surface area contributed by atoms with Crippen molar-refractivity contribution in [1.29, 1.82) is 0 Å². The monoisotopic (exact) mass is 405 g/mol. The van der Waals surface area contributed by atoms with Crippen molar-refractivity contribution in [3.05, 3.63) is 28.8 Å². The summed E-state index contributed by atoms with van der Waals surface area (Å²) >= 11 is 5.94. The van der Waals surface area contributed by atoms with Crippen molar-refractivity contribution in [3.63, 3.8) is 0 Å². The quantitative estimate of drug-likeness (QED) is 0.508. The number of nitrogens with one attached hydrogen (secondary N) is 2. The lowest BCUT2D eigenvalue weighted by atomic mass is 10.2. The van der Waals surface area contributed by atoms with Gasteiger partial charge >= 0.3 is 5.97 Å². The van der Waals surface area contributed by atoms with Gasteiger partial charge in [-0.05, 0) is 18.2 Å². The average Bonchev–Trinajstić information content (AvgIpc) is 2.58. The summed E-state index contributed by atoms with van der Waals surface area (Å²) in [7, 11) is -3.78. The maximum Gasteiger partial charge on any atom is 0.340 e. The number of benzene rings is 1. The Morgan fingerprint density at radius 2 is 1.77 bits per heavy atom. The minimum Gasteiger partial charge on any atom is -0.452 e. The van der Waals surface area contributed by atoms with Gasteiger partial charge in [0.1, 0.15) is 0 Å². The number of hydrogen-bond donors (Lipinski definition) is 2. The molecule has 0 atom stereocenters. The standard InChI is InChI=1S/C15H20ClN3O6S/c1-4-19(5-2)26(23,24)11-6-7-13(16)12(8-11)15(22)25-9-14(21)18-17-10(3)20/h6-8H,4-5,9H2,1-3H3,(H,17,20)(H,18,21). The van der Waals surface area contributed by atoms with Crippen molar-refractivity contribution in [2.75, 3.05) is 19.7 Å². The van der Waals surface area contributed by atoms with E-state index < -0.39 is 34.4 Å². The van der Waals surface area contributed by atoms with Crippen LogP contribution in [0.25, 0.3) is 0 Å². The first kappa shape index (κ1) is 21.9. The zero-order valence-electron chi connectivity index (χ0n) is 14.5. The zero-order valence-corrected chi connectivity index (χ0v) is 16.1. The molecule has 0 heterocycles. The molecule has 0 bridgehead atoms. The van der Waals surface area contributed by atoms with Gasteiger partial charge in [-0.2, -0.15) is 4.31 Å². The van der Waals surface area contributed by atoms with Crippen LogP contribution in [-0.2, 0) is 24.3 Å². The van der Waals surface area contributed by atoms with Gasteiger partial charge in [0.15, 0.2) is 6.61 Å². The molecule has 9 nitrogen and oxygen atoms in total. The van der Waals surface area contributed by atoms with Crippen LogP contribution in [0.15, 0.2) is 23.1 Å². The number of amides is 2. The first-order chi connectivity index (χ1) is 12.1. The molecule has 0 unspecified atom stereocenters. The van der Waals surface area contributed by atoms with Gasteiger partial charge in [-0.1, -0.05) is 25.4 Å². The Labute approximate surface area is 156 Å². The van der Waals surface area contributed by atoms with Gasteiger partial charge < -0.3 is 4.74 Å². The number of hydrazine groups is 1. The van der Waals surface area contributed by atoms with E-state index in [9.17, 15) is 22.8 Å². The summed E-state index contributed by atoms with van der Waals surface area (Å²) in [5.41, 5.74) is 3.86. The third-order valence-electron chi connectivity index (χ3n) is 3.21. The van der Waals surface area contributed by atoms with Crippen molar-refractivity contribution in [2.45, 2.75) is 25.7 Å². The van der Waals surface area contributed by atoms with Crippen LogP contribution in [0.3, 0.4) is 0 Å². The third-order valence-corrected chi connectivity index (χ3v) is 5.59. The second-order valence-electron chi connectivity index (χ2n) is 5.04. The summed E-state index contributed by atoms with van der Waals surface area (Å²) in [4.78, 5) is 34.1. The largest absolute Gasteiger partial charge is 0.452 e. The normalized spacial score (nSPS) is 11.1. The molecule has 0 radical (unpaired) electrons. The molecule has 0 spiro atoms. The molecule has 0 aliphatic rings. The maximum atomic E-state index is 12.5. The molecule has 0 saturated heterocycles.